The molecule has 0 saturated carbocycles. The molecule has 0 spiro atoms. The molecule has 1 aromatic rings. The van der Waals surface area contributed by atoms with E-state index >= 15 is 0 Å². The van der Waals surface area contributed by atoms with Crippen molar-refractivity contribution in [2.24, 2.45) is 5.41 Å². The summed E-state index contributed by atoms with van der Waals surface area (Å²) in [6, 6.07) is 6.39. The van der Waals surface area contributed by atoms with Gasteiger partial charge in [0, 0.05) is 19.7 Å². The van der Waals surface area contributed by atoms with Gasteiger partial charge >= 0.3 is 6.03 Å². The number of nitrogens with one attached hydrogen (secondary N) is 2. The molecule has 0 heterocycles. The van der Waals surface area contributed by atoms with Gasteiger partial charge in [-0.2, -0.15) is 0 Å². The van der Waals surface area contributed by atoms with Crippen LogP contribution in [0.25, 0.3) is 0 Å². The van der Waals surface area contributed by atoms with Crippen LogP contribution < -0.4 is 10.6 Å². The van der Waals surface area contributed by atoms with Crippen LogP contribution in [0.2, 0.25) is 0 Å². The van der Waals surface area contributed by atoms with Gasteiger partial charge in [0.05, 0.1) is 0 Å². The molecule has 0 atom stereocenters. The Morgan fingerprint density at radius 3 is 2.77 bits per heavy atom. The molecule has 1 aliphatic carbocycles. The van der Waals surface area contributed by atoms with Gasteiger partial charge in [-0.15, -0.1) is 0 Å². The maximum absolute atomic E-state index is 11.8. The van der Waals surface area contributed by atoms with E-state index in [1.54, 1.807) is 0 Å². The van der Waals surface area contributed by atoms with Crippen molar-refractivity contribution in [1.82, 2.24) is 10.6 Å². The molecule has 0 aromatic heterocycles. The predicted octanol–water partition coefficient (Wildman–Crippen LogP) is 2.77. The molecule has 0 unspecified atom stereocenters. The third-order valence-corrected chi connectivity index (χ3v) is 4.36. The summed E-state index contributed by atoms with van der Waals surface area (Å²) >= 11 is 0. The molecule has 2 amide bonds. The van der Waals surface area contributed by atoms with Gasteiger partial charge in [-0.1, -0.05) is 32.0 Å². The number of hydrogen-bond donors (Lipinski definition) is 3. The van der Waals surface area contributed by atoms with Gasteiger partial charge < -0.3 is 15.7 Å². The molecular weight excluding hydrogens is 276 g/mol. The Morgan fingerprint density at radius 2 is 2.00 bits per heavy atom. The number of carbonyl (C=O) groups excluding carboxylic acids is 1. The Balaban J connectivity index is 1.65. The van der Waals surface area contributed by atoms with E-state index < -0.39 is 0 Å². The number of aliphatic hydroxyl groups is 1. The minimum Gasteiger partial charge on any atom is -0.396 e. The third kappa shape index (κ3) is 5.02. The highest BCUT2D eigenvalue weighted by molar-refractivity contribution is 5.73. The summed E-state index contributed by atoms with van der Waals surface area (Å²) in [7, 11) is 0. The van der Waals surface area contributed by atoms with E-state index in [1.165, 1.54) is 24.0 Å². The lowest BCUT2D eigenvalue weighted by Crippen LogP contribution is -2.36. The van der Waals surface area contributed by atoms with Crippen molar-refractivity contribution >= 4 is 6.03 Å². The highest BCUT2D eigenvalue weighted by atomic mass is 16.3. The van der Waals surface area contributed by atoms with Gasteiger partial charge in [-0.25, -0.2) is 4.79 Å². The van der Waals surface area contributed by atoms with Crippen LogP contribution in [0.5, 0.6) is 0 Å². The largest absolute Gasteiger partial charge is 0.396 e. The molecule has 0 saturated heterocycles. The van der Waals surface area contributed by atoms with E-state index in [0.717, 1.165) is 24.8 Å². The quantitative estimate of drug-likeness (QED) is 0.678. The Kier molecular flexibility index (Phi) is 5.83. The molecule has 0 radical (unpaired) electrons. The van der Waals surface area contributed by atoms with Crippen molar-refractivity contribution < 1.29 is 9.90 Å². The first-order valence-electron chi connectivity index (χ1n) is 8.23. The molecule has 22 heavy (non-hydrogen) atoms. The van der Waals surface area contributed by atoms with Crippen molar-refractivity contribution in [1.29, 1.82) is 0 Å². The van der Waals surface area contributed by atoms with Crippen LogP contribution in [0, 0.1) is 5.41 Å². The normalized spacial score (nSPS) is 13.8. The molecule has 1 aliphatic rings. The SMILES string of the molecule is CC(C)(CO)CCCNC(=O)NCc1ccc2c(c1)CCC2. The van der Waals surface area contributed by atoms with E-state index in [2.05, 4.69) is 28.8 Å². The fourth-order valence-corrected chi connectivity index (χ4v) is 2.83. The highest BCUT2D eigenvalue weighted by Gasteiger charge is 2.15. The average molecular weight is 304 g/mol. The van der Waals surface area contributed by atoms with E-state index in [-0.39, 0.29) is 18.1 Å². The lowest BCUT2D eigenvalue weighted by Gasteiger charge is -2.21. The zero-order valence-electron chi connectivity index (χ0n) is 13.7. The van der Waals surface area contributed by atoms with E-state index in [0.29, 0.717) is 13.1 Å². The molecule has 122 valence electrons. The van der Waals surface area contributed by atoms with Crippen LogP contribution >= 0.6 is 0 Å². The number of benzene rings is 1. The fourth-order valence-electron chi connectivity index (χ4n) is 2.83. The average Bonchev–Trinajstić information content (AvgIpc) is 2.97. The first-order valence-corrected chi connectivity index (χ1v) is 8.23. The standard InChI is InChI=1S/C18H28N2O2/c1-18(2,13-21)9-4-10-19-17(22)20-12-14-7-8-15-5-3-6-16(15)11-14/h7-8,11,21H,3-6,9-10,12-13H2,1-2H3,(H2,19,20,22). The number of aryl methyl sites for hydroxylation is 2. The molecule has 1 aromatic carbocycles. The number of rotatable bonds is 7. The van der Waals surface area contributed by atoms with Gasteiger partial charge in [0.2, 0.25) is 0 Å². The molecule has 4 heteroatoms. The number of urea groups is 1. The molecule has 3 N–H and O–H groups in total. The van der Waals surface area contributed by atoms with Gasteiger partial charge in [0.15, 0.2) is 0 Å². The number of fused-ring (bicyclic) bond motifs is 1. The van der Waals surface area contributed by atoms with Crippen LogP contribution in [0.15, 0.2) is 18.2 Å². The van der Waals surface area contributed by atoms with Crippen molar-refractivity contribution in [2.45, 2.75) is 52.5 Å². The molecule has 2 rings (SSSR count). The number of carbonyl (C=O) groups is 1. The van der Waals surface area contributed by atoms with Crippen molar-refractivity contribution in [2.75, 3.05) is 13.2 Å². The summed E-state index contributed by atoms with van der Waals surface area (Å²) in [5, 5.41) is 15.0. The van der Waals surface area contributed by atoms with Crippen LogP contribution in [0.3, 0.4) is 0 Å². The summed E-state index contributed by atoms with van der Waals surface area (Å²) in [5.41, 5.74) is 3.99. The van der Waals surface area contributed by atoms with Gasteiger partial charge in [-0.3, -0.25) is 0 Å². The topological polar surface area (TPSA) is 61.4 Å². The van der Waals surface area contributed by atoms with E-state index in [9.17, 15) is 9.90 Å². The second-order valence-corrected chi connectivity index (χ2v) is 6.99. The monoisotopic (exact) mass is 304 g/mol. The second kappa shape index (κ2) is 7.63. The summed E-state index contributed by atoms with van der Waals surface area (Å²) in [4.78, 5) is 11.8. The Morgan fingerprint density at radius 1 is 1.23 bits per heavy atom. The lowest BCUT2D eigenvalue weighted by molar-refractivity contribution is 0.148. The minimum atomic E-state index is -0.123. The smallest absolute Gasteiger partial charge is 0.315 e. The lowest BCUT2D eigenvalue weighted by atomic mass is 9.89. The first kappa shape index (κ1) is 16.8. The summed E-state index contributed by atoms with van der Waals surface area (Å²) in [6.45, 7) is 5.44. The van der Waals surface area contributed by atoms with Gasteiger partial charge in [0.1, 0.15) is 0 Å². The molecule has 4 nitrogen and oxygen atoms in total. The summed E-state index contributed by atoms with van der Waals surface area (Å²) in [6.07, 6.45) is 5.37. The van der Waals surface area contributed by atoms with Crippen molar-refractivity contribution in [3.05, 3.63) is 34.9 Å². The number of hydrogen-bond acceptors (Lipinski definition) is 2. The third-order valence-electron chi connectivity index (χ3n) is 4.36. The maximum Gasteiger partial charge on any atom is 0.315 e. The molecule has 0 fully saturated rings. The zero-order chi connectivity index (χ0) is 16.0. The van der Waals surface area contributed by atoms with Crippen molar-refractivity contribution in [3.63, 3.8) is 0 Å². The Hall–Kier alpha value is -1.55. The summed E-state index contributed by atoms with van der Waals surface area (Å²) in [5.74, 6) is 0. The first-order chi connectivity index (χ1) is 10.5. The molecule has 0 aliphatic heterocycles. The predicted molar refractivity (Wildman–Crippen MR) is 88.8 cm³/mol. The number of aliphatic hydroxyl groups excluding tert-OH is 1. The van der Waals surface area contributed by atoms with E-state index in [4.69, 9.17) is 0 Å². The van der Waals surface area contributed by atoms with Gasteiger partial charge in [0.25, 0.3) is 0 Å². The van der Waals surface area contributed by atoms with E-state index in [1.807, 2.05) is 13.8 Å². The molecule has 0 bridgehead atoms. The van der Waals surface area contributed by atoms with Crippen LogP contribution in [0.4, 0.5) is 4.79 Å². The van der Waals surface area contributed by atoms with Crippen LogP contribution in [0.1, 0.15) is 49.8 Å². The minimum absolute atomic E-state index is 0.0669. The van der Waals surface area contributed by atoms with Gasteiger partial charge in [-0.05, 0) is 54.2 Å². The Bertz CT molecular complexity index is 512. The van der Waals surface area contributed by atoms with Crippen molar-refractivity contribution in [3.8, 4) is 0 Å². The highest BCUT2D eigenvalue weighted by Crippen LogP contribution is 2.22. The zero-order valence-corrected chi connectivity index (χ0v) is 13.7. The van der Waals surface area contributed by atoms with Crippen LogP contribution in [-0.2, 0) is 19.4 Å². The maximum atomic E-state index is 11.8. The summed E-state index contributed by atoms with van der Waals surface area (Å²) < 4.78 is 0. The fraction of sp³-hybridized carbons (Fsp3) is 0.611. The second-order valence-electron chi connectivity index (χ2n) is 6.99. The van der Waals surface area contributed by atoms with Crippen LogP contribution in [-0.4, -0.2) is 24.3 Å². The Labute approximate surface area is 133 Å². The molecular formula is C18H28N2O2. The number of amides is 2.